The number of ketones is 1. The van der Waals surface area contributed by atoms with Gasteiger partial charge in [0.1, 0.15) is 18.0 Å². The molecule has 2 rings (SSSR count). The van der Waals surface area contributed by atoms with E-state index in [-0.39, 0.29) is 30.1 Å². The quantitative estimate of drug-likeness (QED) is 0.127. The Morgan fingerprint density at radius 3 is 2.18 bits per heavy atom. The van der Waals surface area contributed by atoms with Gasteiger partial charge in [-0.2, -0.15) is 0 Å². The van der Waals surface area contributed by atoms with Crippen molar-refractivity contribution in [3.63, 3.8) is 0 Å². The summed E-state index contributed by atoms with van der Waals surface area (Å²) in [5.41, 5.74) is 2.70. The van der Waals surface area contributed by atoms with Crippen LogP contribution in [-0.4, -0.2) is 40.2 Å². The molecule has 0 amide bonds. The minimum Gasteiger partial charge on any atom is -0.488 e. The maximum absolute atomic E-state index is 12.9. The van der Waals surface area contributed by atoms with Crippen LogP contribution in [0.15, 0.2) is 36.7 Å². The SMILES string of the molecule is CCCCCCCCc1ccc(OC(C)C(O)C(C)n2cc(CCC(=O)OCC)c(C(=O)C(C)C)c2)cc1. The number of nitrogens with zero attached hydrogens (tertiary/aromatic N) is 1. The van der Waals surface area contributed by atoms with Crippen LogP contribution in [0.3, 0.4) is 0 Å². The molecule has 0 aliphatic carbocycles. The van der Waals surface area contributed by atoms with E-state index in [0.29, 0.717) is 18.6 Å². The summed E-state index contributed by atoms with van der Waals surface area (Å²) >= 11 is 0. The van der Waals surface area contributed by atoms with Gasteiger partial charge < -0.3 is 19.1 Å². The number of aromatic nitrogens is 1. The summed E-state index contributed by atoms with van der Waals surface area (Å²) in [6.07, 6.45) is 11.8. The van der Waals surface area contributed by atoms with Gasteiger partial charge in [-0.3, -0.25) is 9.59 Å². The summed E-state index contributed by atoms with van der Waals surface area (Å²) in [6.45, 7) is 11.8. The van der Waals surface area contributed by atoms with E-state index in [9.17, 15) is 14.7 Å². The number of aliphatic hydroxyl groups is 1. The van der Waals surface area contributed by atoms with Gasteiger partial charge >= 0.3 is 5.97 Å². The van der Waals surface area contributed by atoms with Crippen molar-refractivity contribution in [3.05, 3.63) is 53.3 Å². The highest BCUT2D eigenvalue weighted by atomic mass is 16.5. The van der Waals surface area contributed by atoms with Crippen molar-refractivity contribution >= 4 is 11.8 Å². The van der Waals surface area contributed by atoms with Gasteiger partial charge in [0.25, 0.3) is 0 Å². The predicted octanol–water partition coefficient (Wildman–Crippen LogP) is 7.11. The Bertz CT molecular complexity index is 978. The Hall–Kier alpha value is -2.60. The van der Waals surface area contributed by atoms with Crippen LogP contribution in [0.5, 0.6) is 5.75 Å². The molecule has 0 bridgehead atoms. The van der Waals surface area contributed by atoms with Gasteiger partial charge in [-0.25, -0.2) is 0 Å². The zero-order valence-electron chi connectivity index (χ0n) is 24.4. The van der Waals surface area contributed by atoms with Gasteiger partial charge in [-0.1, -0.05) is 65.0 Å². The van der Waals surface area contributed by atoms with Crippen LogP contribution >= 0.6 is 0 Å². The van der Waals surface area contributed by atoms with Crippen LogP contribution in [0.4, 0.5) is 0 Å². The number of carbonyl (C=O) groups excluding carboxylic acids is 2. The lowest BCUT2D eigenvalue weighted by atomic mass is 9.98. The highest BCUT2D eigenvalue weighted by Gasteiger charge is 2.27. The Morgan fingerprint density at radius 1 is 0.895 bits per heavy atom. The van der Waals surface area contributed by atoms with Gasteiger partial charge in [0.05, 0.1) is 12.6 Å². The number of aryl methyl sites for hydroxylation is 2. The lowest BCUT2D eigenvalue weighted by Crippen LogP contribution is -2.35. The van der Waals surface area contributed by atoms with E-state index in [2.05, 4.69) is 19.1 Å². The largest absolute Gasteiger partial charge is 0.488 e. The Morgan fingerprint density at radius 2 is 1.55 bits per heavy atom. The normalized spacial score (nSPS) is 13.8. The summed E-state index contributed by atoms with van der Waals surface area (Å²) < 4.78 is 13.0. The Labute approximate surface area is 229 Å². The Balaban J connectivity index is 1.99. The molecule has 1 aromatic heterocycles. The third-order valence-corrected chi connectivity index (χ3v) is 7.13. The molecule has 1 heterocycles. The number of aliphatic hydroxyl groups excluding tert-OH is 1. The zero-order valence-corrected chi connectivity index (χ0v) is 24.4. The first-order chi connectivity index (χ1) is 18.2. The van der Waals surface area contributed by atoms with Crippen molar-refractivity contribution in [1.82, 2.24) is 4.57 Å². The number of hydrogen-bond donors (Lipinski definition) is 1. The number of rotatable bonds is 18. The number of hydrogen-bond acceptors (Lipinski definition) is 5. The molecule has 0 spiro atoms. The van der Waals surface area contributed by atoms with Crippen molar-refractivity contribution in [2.24, 2.45) is 5.92 Å². The van der Waals surface area contributed by atoms with E-state index in [1.165, 1.54) is 44.1 Å². The van der Waals surface area contributed by atoms with Crippen LogP contribution < -0.4 is 4.74 Å². The summed E-state index contributed by atoms with van der Waals surface area (Å²) in [6, 6.07) is 7.84. The maximum Gasteiger partial charge on any atom is 0.306 e. The number of unbranched alkanes of at least 4 members (excludes halogenated alkanes) is 5. The molecular weight excluding hydrogens is 478 g/mol. The molecule has 0 aliphatic heterocycles. The molecule has 0 aliphatic rings. The molecule has 6 nitrogen and oxygen atoms in total. The second-order valence-corrected chi connectivity index (χ2v) is 10.7. The summed E-state index contributed by atoms with van der Waals surface area (Å²) in [4.78, 5) is 24.7. The van der Waals surface area contributed by atoms with Crippen molar-refractivity contribution in [3.8, 4) is 5.75 Å². The van der Waals surface area contributed by atoms with Gasteiger partial charge in [-0.15, -0.1) is 0 Å². The number of benzene rings is 1. The van der Waals surface area contributed by atoms with Crippen molar-refractivity contribution in [1.29, 1.82) is 0 Å². The molecule has 212 valence electrons. The fourth-order valence-corrected chi connectivity index (χ4v) is 4.65. The molecule has 3 atom stereocenters. The zero-order chi connectivity index (χ0) is 28.1. The van der Waals surface area contributed by atoms with E-state index in [1.807, 2.05) is 50.6 Å². The van der Waals surface area contributed by atoms with E-state index >= 15 is 0 Å². The molecule has 2 aromatic rings. The molecule has 38 heavy (non-hydrogen) atoms. The first-order valence-electron chi connectivity index (χ1n) is 14.5. The molecule has 0 saturated carbocycles. The van der Waals surface area contributed by atoms with E-state index in [4.69, 9.17) is 9.47 Å². The molecule has 1 N–H and O–H groups in total. The molecular formula is C32H49NO5. The second kappa shape index (κ2) is 16.4. The molecule has 0 radical (unpaired) electrons. The monoisotopic (exact) mass is 527 g/mol. The van der Waals surface area contributed by atoms with Crippen LogP contribution in [0.1, 0.15) is 114 Å². The van der Waals surface area contributed by atoms with Gasteiger partial charge in [0, 0.05) is 30.3 Å². The first-order valence-corrected chi connectivity index (χ1v) is 14.5. The van der Waals surface area contributed by atoms with E-state index in [1.54, 1.807) is 13.1 Å². The van der Waals surface area contributed by atoms with E-state index in [0.717, 1.165) is 17.7 Å². The Kier molecular flexibility index (Phi) is 13.6. The third kappa shape index (κ3) is 9.94. The fourth-order valence-electron chi connectivity index (χ4n) is 4.65. The average molecular weight is 528 g/mol. The summed E-state index contributed by atoms with van der Waals surface area (Å²) in [5, 5.41) is 11.1. The lowest BCUT2D eigenvalue weighted by Gasteiger charge is -2.27. The van der Waals surface area contributed by atoms with Crippen LogP contribution in [0.25, 0.3) is 0 Å². The smallest absolute Gasteiger partial charge is 0.306 e. The number of esters is 1. The molecule has 3 unspecified atom stereocenters. The van der Waals surface area contributed by atoms with Gasteiger partial charge in [0.2, 0.25) is 0 Å². The standard InChI is InChI=1S/C32H49NO5/c1-7-9-10-11-12-13-14-26-15-18-28(19-16-26)38-25(6)32(36)24(5)33-21-27(17-20-30(34)37-8-2)29(22-33)31(35)23(3)4/h15-16,18-19,21-25,32,36H,7-14,17,20H2,1-6H3. The molecule has 1 aromatic carbocycles. The molecule has 0 fully saturated rings. The number of Topliss-reactive ketones (excluding diaryl/α,β-unsaturated/α-hetero) is 1. The van der Waals surface area contributed by atoms with Crippen molar-refractivity contribution in [2.75, 3.05) is 6.61 Å². The number of ether oxygens (including phenoxy) is 2. The third-order valence-electron chi connectivity index (χ3n) is 7.13. The minimum atomic E-state index is -0.801. The average Bonchev–Trinajstić information content (AvgIpc) is 3.33. The van der Waals surface area contributed by atoms with Crippen LogP contribution in [0, 0.1) is 5.92 Å². The topological polar surface area (TPSA) is 77.8 Å². The summed E-state index contributed by atoms with van der Waals surface area (Å²) in [7, 11) is 0. The van der Waals surface area contributed by atoms with E-state index < -0.39 is 12.2 Å². The van der Waals surface area contributed by atoms with Crippen LogP contribution in [0.2, 0.25) is 0 Å². The van der Waals surface area contributed by atoms with Crippen molar-refractivity contribution < 1.29 is 24.2 Å². The molecule has 6 heteroatoms. The fraction of sp³-hybridized carbons (Fsp3) is 0.625. The molecule has 0 saturated heterocycles. The van der Waals surface area contributed by atoms with Gasteiger partial charge in [0.15, 0.2) is 5.78 Å². The van der Waals surface area contributed by atoms with Gasteiger partial charge in [-0.05, 0) is 63.3 Å². The first kappa shape index (κ1) is 31.6. The lowest BCUT2D eigenvalue weighted by molar-refractivity contribution is -0.143. The van der Waals surface area contributed by atoms with Crippen molar-refractivity contribution in [2.45, 2.75) is 118 Å². The highest BCUT2D eigenvalue weighted by Crippen LogP contribution is 2.25. The van der Waals surface area contributed by atoms with Crippen LogP contribution in [-0.2, 0) is 22.4 Å². The summed E-state index contributed by atoms with van der Waals surface area (Å²) in [5.74, 6) is 0.304. The predicted molar refractivity (Wildman–Crippen MR) is 153 cm³/mol. The maximum atomic E-state index is 12.9. The highest BCUT2D eigenvalue weighted by molar-refractivity contribution is 5.98. The second-order valence-electron chi connectivity index (χ2n) is 10.7. The number of carbonyl (C=O) groups is 2. The minimum absolute atomic E-state index is 0.0228.